The van der Waals surface area contributed by atoms with E-state index in [1.54, 1.807) is 12.1 Å². The van der Waals surface area contributed by atoms with Gasteiger partial charge in [-0.25, -0.2) is 8.78 Å². The van der Waals surface area contributed by atoms with Crippen LogP contribution in [-0.4, -0.2) is 0 Å². The highest BCUT2D eigenvalue weighted by Crippen LogP contribution is 2.48. The smallest absolute Gasteiger partial charge is 0.198 e. The predicted octanol–water partition coefficient (Wildman–Crippen LogP) is 8.41. The second-order valence-electron chi connectivity index (χ2n) is 6.57. The van der Waals surface area contributed by atoms with E-state index >= 15 is 0 Å². The lowest BCUT2D eigenvalue weighted by Gasteiger charge is -2.08. The van der Waals surface area contributed by atoms with Gasteiger partial charge >= 0.3 is 0 Å². The quantitative estimate of drug-likeness (QED) is 0.173. The molecule has 1 nitrogen and oxygen atoms in total. The van der Waals surface area contributed by atoms with Gasteiger partial charge in [0.2, 0.25) is 0 Å². The summed E-state index contributed by atoms with van der Waals surface area (Å²) in [5.74, 6) is -1.40. The van der Waals surface area contributed by atoms with E-state index in [2.05, 4.69) is 48.5 Å². The molecule has 1 aromatic heterocycles. The van der Waals surface area contributed by atoms with Gasteiger partial charge in [0.25, 0.3) is 0 Å². The maximum absolute atomic E-state index is 14.1. The SMILES string of the molecule is Fc1cc(I)cc(F)c1Oc1ccc(-[s+]2c3ccccc3c3ccccc32)cc1. The summed E-state index contributed by atoms with van der Waals surface area (Å²) >= 11 is 1.87. The van der Waals surface area contributed by atoms with Gasteiger partial charge < -0.3 is 4.74 Å². The van der Waals surface area contributed by atoms with Gasteiger partial charge in [-0.2, -0.15) is 0 Å². The van der Waals surface area contributed by atoms with Gasteiger partial charge in [-0.05, 0) is 71.1 Å². The van der Waals surface area contributed by atoms with Crippen molar-refractivity contribution in [1.82, 2.24) is 0 Å². The van der Waals surface area contributed by atoms with Gasteiger partial charge in [0.1, 0.15) is 5.75 Å². The molecule has 0 amide bonds. The average molecular weight is 515 g/mol. The average Bonchev–Trinajstić information content (AvgIpc) is 3.06. The second kappa shape index (κ2) is 7.39. The van der Waals surface area contributed by atoms with Crippen LogP contribution in [0.15, 0.2) is 84.9 Å². The topological polar surface area (TPSA) is 9.23 Å². The van der Waals surface area contributed by atoms with E-state index in [4.69, 9.17) is 4.74 Å². The first-order valence-corrected chi connectivity index (χ1v) is 11.3. The van der Waals surface area contributed by atoms with Gasteiger partial charge in [0.15, 0.2) is 31.7 Å². The van der Waals surface area contributed by atoms with E-state index in [1.807, 2.05) is 34.7 Å². The van der Waals surface area contributed by atoms with Gasteiger partial charge in [-0.1, -0.05) is 24.3 Å². The molecule has 4 aromatic carbocycles. The highest BCUT2D eigenvalue weighted by Gasteiger charge is 2.23. The van der Waals surface area contributed by atoms with E-state index in [1.165, 1.54) is 32.3 Å². The zero-order valence-electron chi connectivity index (χ0n) is 15.0. The molecule has 0 N–H and O–H groups in total. The standard InChI is InChI=1S/C24H14F2IOS/c25-20-13-15(27)14-21(26)24(20)28-16-9-11-17(12-10-16)29-22-7-3-1-5-18(22)19-6-2-4-8-23(19)29/h1-14H/q+1. The molecule has 0 aliphatic carbocycles. The Hall–Kier alpha value is -2.51. The van der Waals surface area contributed by atoms with Gasteiger partial charge in [-0.3, -0.25) is 0 Å². The Bertz CT molecular complexity index is 1280. The van der Waals surface area contributed by atoms with Crippen molar-refractivity contribution in [1.29, 1.82) is 0 Å². The molecule has 142 valence electrons. The first-order valence-electron chi connectivity index (χ1n) is 8.97. The molecule has 1 heterocycles. The zero-order valence-corrected chi connectivity index (χ0v) is 18.0. The molecule has 5 rings (SSSR count). The summed E-state index contributed by atoms with van der Waals surface area (Å²) < 4.78 is 36.7. The Balaban J connectivity index is 1.58. The number of halogens is 3. The summed E-state index contributed by atoms with van der Waals surface area (Å²) in [5.41, 5.74) is 0. The van der Waals surface area contributed by atoms with Crippen LogP contribution >= 0.6 is 33.1 Å². The summed E-state index contributed by atoms with van der Waals surface area (Å²) in [7, 11) is -0.212. The number of rotatable bonds is 3. The van der Waals surface area contributed by atoms with Crippen molar-refractivity contribution in [3.05, 3.63) is 100 Å². The third-order valence-corrected chi connectivity index (χ3v) is 7.70. The fourth-order valence-corrected chi connectivity index (χ4v) is 6.42. The van der Waals surface area contributed by atoms with E-state index < -0.39 is 11.6 Å². The first kappa shape index (κ1) is 18.5. The van der Waals surface area contributed by atoms with Crippen molar-refractivity contribution in [2.45, 2.75) is 0 Å². The molecular weight excluding hydrogens is 501 g/mol. The van der Waals surface area contributed by atoms with Crippen LogP contribution in [0.5, 0.6) is 11.5 Å². The molecule has 0 unspecified atom stereocenters. The van der Waals surface area contributed by atoms with E-state index in [9.17, 15) is 8.78 Å². The van der Waals surface area contributed by atoms with Crippen molar-refractivity contribution in [3.8, 4) is 16.4 Å². The van der Waals surface area contributed by atoms with Crippen LogP contribution in [0.25, 0.3) is 25.1 Å². The van der Waals surface area contributed by atoms with Crippen molar-refractivity contribution >= 4 is 53.2 Å². The molecule has 0 radical (unpaired) electrons. The minimum Gasteiger partial charge on any atom is -0.451 e. The van der Waals surface area contributed by atoms with Crippen LogP contribution in [0.2, 0.25) is 0 Å². The molecule has 5 aromatic rings. The fraction of sp³-hybridized carbons (Fsp3) is 0. The van der Waals surface area contributed by atoms with Gasteiger partial charge in [0, 0.05) is 36.9 Å². The van der Waals surface area contributed by atoms with Gasteiger partial charge in [-0.15, -0.1) is 0 Å². The van der Waals surface area contributed by atoms with Crippen molar-refractivity contribution in [2.75, 3.05) is 0 Å². The lowest BCUT2D eigenvalue weighted by atomic mass is 10.2. The number of hydrogen-bond acceptors (Lipinski definition) is 1. The highest BCUT2D eigenvalue weighted by atomic mass is 127. The van der Waals surface area contributed by atoms with Crippen LogP contribution in [0, 0.1) is 15.2 Å². The van der Waals surface area contributed by atoms with E-state index in [0.717, 1.165) is 4.90 Å². The normalized spacial score (nSPS) is 11.3. The number of hydrogen-bond donors (Lipinski definition) is 0. The molecule has 0 bridgehead atoms. The van der Waals surface area contributed by atoms with Crippen LogP contribution in [0.1, 0.15) is 0 Å². The Morgan fingerprint density at radius 2 is 1.21 bits per heavy atom. The maximum Gasteiger partial charge on any atom is 0.198 e. The Morgan fingerprint density at radius 1 is 0.690 bits per heavy atom. The van der Waals surface area contributed by atoms with Gasteiger partial charge in [0.05, 0.1) is 0 Å². The van der Waals surface area contributed by atoms with Crippen LogP contribution in [0.3, 0.4) is 0 Å². The molecule has 0 saturated heterocycles. The van der Waals surface area contributed by atoms with Crippen LogP contribution in [0.4, 0.5) is 8.78 Å². The van der Waals surface area contributed by atoms with E-state index in [-0.39, 0.29) is 16.2 Å². The van der Waals surface area contributed by atoms with Crippen molar-refractivity contribution < 1.29 is 13.5 Å². The Labute approximate surface area is 182 Å². The molecule has 0 aliphatic rings. The summed E-state index contributed by atoms with van der Waals surface area (Å²) in [6.45, 7) is 0. The lowest BCUT2D eigenvalue weighted by Crippen LogP contribution is -1.93. The number of thiophene rings is 1. The van der Waals surface area contributed by atoms with Crippen LogP contribution in [-0.2, 0) is 0 Å². The molecule has 0 saturated carbocycles. The number of ether oxygens (including phenoxy) is 1. The minimum atomic E-state index is -0.709. The monoisotopic (exact) mass is 515 g/mol. The molecule has 0 atom stereocenters. The highest BCUT2D eigenvalue weighted by molar-refractivity contribution is 14.1. The third kappa shape index (κ3) is 3.28. The number of fused-ring (bicyclic) bond motifs is 3. The summed E-state index contributed by atoms with van der Waals surface area (Å²) in [6, 6.07) is 26.9. The summed E-state index contributed by atoms with van der Waals surface area (Å²) in [4.78, 5) is 1.14. The van der Waals surface area contributed by atoms with E-state index in [0.29, 0.717) is 9.32 Å². The lowest BCUT2D eigenvalue weighted by molar-refractivity contribution is 0.407. The molecule has 0 fully saturated rings. The Morgan fingerprint density at radius 3 is 1.76 bits per heavy atom. The molecule has 0 aliphatic heterocycles. The number of benzene rings is 4. The maximum atomic E-state index is 14.1. The van der Waals surface area contributed by atoms with Crippen molar-refractivity contribution in [3.63, 3.8) is 0 Å². The summed E-state index contributed by atoms with van der Waals surface area (Å²) in [6.07, 6.45) is 0. The van der Waals surface area contributed by atoms with Crippen molar-refractivity contribution in [2.24, 2.45) is 0 Å². The molecule has 0 spiro atoms. The Kier molecular flexibility index (Phi) is 4.72. The summed E-state index contributed by atoms with van der Waals surface area (Å²) in [5, 5.41) is 2.52. The molecular formula is C24H14F2IOS+. The second-order valence-corrected chi connectivity index (χ2v) is 9.78. The predicted molar refractivity (Wildman–Crippen MR) is 124 cm³/mol. The van der Waals surface area contributed by atoms with Crippen LogP contribution < -0.4 is 4.74 Å². The molecule has 29 heavy (non-hydrogen) atoms. The fourth-order valence-electron chi connectivity index (χ4n) is 3.49. The third-order valence-electron chi connectivity index (χ3n) is 4.75. The first-order chi connectivity index (χ1) is 14.1. The largest absolute Gasteiger partial charge is 0.451 e. The molecule has 5 heteroatoms. The minimum absolute atomic E-state index is 0.212. The zero-order chi connectivity index (χ0) is 20.0.